The highest BCUT2D eigenvalue weighted by molar-refractivity contribution is 7.80. The molecule has 0 amide bonds. The second-order valence-corrected chi connectivity index (χ2v) is 6.14. The molecule has 0 spiro atoms. The maximum atomic E-state index is 5.78. The quantitative estimate of drug-likeness (QED) is 0.411. The number of nitrogens with one attached hydrogen (secondary N) is 2. The van der Waals surface area contributed by atoms with Gasteiger partial charge >= 0.3 is 0 Å². The van der Waals surface area contributed by atoms with Crippen molar-refractivity contribution in [2.24, 2.45) is 5.10 Å². The number of hydrazone groups is 1. The standard InChI is InChI=1S/C19H19N3OS/c1-12-8-9-13(2)16(10-12)20-19(24)22-21-14(3)18-11-15-6-4-5-7-17(15)23-18/h4-11H,1-3H3,(H2,20,22,24). The molecule has 0 atom stereocenters. The average molecular weight is 337 g/mol. The minimum absolute atomic E-state index is 0.444. The molecule has 0 saturated heterocycles. The highest BCUT2D eigenvalue weighted by Crippen LogP contribution is 2.19. The smallest absolute Gasteiger partial charge is 0.191 e. The molecule has 4 nitrogen and oxygen atoms in total. The van der Waals surface area contributed by atoms with Gasteiger partial charge in [0.15, 0.2) is 10.9 Å². The second-order valence-electron chi connectivity index (χ2n) is 5.73. The van der Waals surface area contributed by atoms with Crippen LogP contribution < -0.4 is 10.7 Å². The zero-order valence-corrected chi connectivity index (χ0v) is 14.7. The van der Waals surface area contributed by atoms with E-state index in [1.54, 1.807) is 0 Å². The van der Waals surface area contributed by atoms with E-state index in [2.05, 4.69) is 34.0 Å². The highest BCUT2D eigenvalue weighted by atomic mass is 32.1. The van der Waals surface area contributed by atoms with Crippen LogP contribution in [0.5, 0.6) is 0 Å². The SMILES string of the molecule is CC(=NNC(=S)Nc1cc(C)ccc1C)c1cc2ccccc2o1. The van der Waals surface area contributed by atoms with Crippen LogP contribution in [0.15, 0.2) is 58.0 Å². The van der Waals surface area contributed by atoms with E-state index >= 15 is 0 Å². The fraction of sp³-hybridized carbons (Fsp3) is 0.158. The van der Waals surface area contributed by atoms with E-state index in [4.69, 9.17) is 16.6 Å². The fourth-order valence-corrected chi connectivity index (χ4v) is 2.53. The van der Waals surface area contributed by atoms with Gasteiger partial charge in [-0.2, -0.15) is 5.10 Å². The molecule has 0 aliphatic heterocycles. The molecule has 122 valence electrons. The van der Waals surface area contributed by atoms with Crippen molar-refractivity contribution in [1.82, 2.24) is 5.43 Å². The van der Waals surface area contributed by atoms with Crippen LogP contribution in [0.25, 0.3) is 11.0 Å². The molecule has 0 aliphatic carbocycles. The number of para-hydroxylation sites is 1. The predicted molar refractivity (Wildman–Crippen MR) is 104 cm³/mol. The Labute approximate surface area is 146 Å². The number of hydrogen-bond donors (Lipinski definition) is 2. The van der Waals surface area contributed by atoms with Crippen molar-refractivity contribution >= 4 is 39.7 Å². The molecule has 0 radical (unpaired) electrons. The minimum Gasteiger partial charge on any atom is -0.455 e. The highest BCUT2D eigenvalue weighted by Gasteiger charge is 2.07. The zero-order chi connectivity index (χ0) is 17.1. The molecule has 2 N–H and O–H groups in total. The maximum Gasteiger partial charge on any atom is 0.191 e. The van der Waals surface area contributed by atoms with Crippen molar-refractivity contribution in [3.63, 3.8) is 0 Å². The summed E-state index contributed by atoms with van der Waals surface area (Å²) in [5.74, 6) is 0.721. The number of nitrogens with zero attached hydrogens (tertiary/aromatic N) is 1. The summed E-state index contributed by atoms with van der Waals surface area (Å²) in [6.07, 6.45) is 0. The van der Waals surface area contributed by atoms with Crippen molar-refractivity contribution in [3.8, 4) is 0 Å². The molecule has 3 rings (SSSR count). The Morgan fingerprint density at radius 2 is 1.88 bits per heavy atom. The molecule has 0 saturated carbocycles. The van der Waals surface area contributed by atoms with Crippen LogP contribution in [0.4, 0.5) is 5.69 Å². The number of benzene rings is 2. The second kappa shape index (κ2) is 6.84. The number of aryl methyl sites for hydroxylation is 2. The molecule has 0 fully saturated rings. The zero-order valence-electron chi connectivity index (χ0n) is 13.9. The Kier molecular flexibility index (Phi) is 4.62. The van der Waals surface area contributed by atoms with Crippen LogP contribution in [0.3, 0.4) is 0 Å². The van der Waals surface area contributed by atoms with Gasteiger partial charge in [0, 0.05) is 11.1 Å². The average Bonchev–Trinajstić information content (AvgIpc) is 3.00. The van der Waals surface area contributed by atoms with E-state index in [9.17, 15) is 0 Å². The van der Waals surface area contributed by atoms with E-state index < -0.39 is 0 Å². The normalized spacial score (nSPS) is 11.5. The van der Waals surface area contributed by atoms with Crippen molar-refractivity contribution < 1.29 is 4.42 Å². The molecule has 5 heteroatoms. The third-order valence-electron chi connectivity index (χ3n) is 3.75. The van der Waals surface area contributed by atoms with E-state index in [-0.39, 0.29) is 0 Å². The van der Waals surface area contributed by atoms with Crippen molar-refractivity contribution in [2.75, 3.05) is 5.32 Å². The molecular formula is C19H19N3OS. The first-order valence-electron chi connectivity index (χ1n) is 7.70. The van der Waals surface area contributed by atoms with Gasteiger partial charge in [0.05, 0.1) is 0 Å². The first-order valence-corrected chi connectivity index (χ1v) is 8.11. The summed E-state index contributed by atoms with van der Waals surface area (Å²) >= 11 is 5.31. The minimum atomic E-state index is 0.444. The van der Waals surface area contributed by atoms with Crippen LogP contribution in [0.1, 0.15) is 23.8 Å². The molecule has 3 aromatic rings. The summed E-state index contributed by atoms with van der Waals surface area (Å²) in [6.45, 7) is 5.96. The molecule has 1 heterocycles. The lowest BCUT2D eigenvalue weighted by Gasteiger charge is -2.11. The summed E-state index contributed by atoms with van der Waals surface area (Å²) in [6, 6.07) is 16.0. The molecule has 24 heavy (non-hydrogen) atoms. The number of thiocarbonyl (C=S) groups is 1. The van der Waals surface area contributed by atoms with Gasteiger partial charge in [0.2, 0.25) is 0 Å². The third kappa shape index (κ3) is 3.63. The van der Waals surface area contributed by atoms with Crippen molar-refractivity contribution in [1.29, 1.82) is 0 Å². The lowest BCUT2D eigenvalue weighted by atomic mass is 10.1. The third-order valence-corrected chi connectivity index (χ3v) is 3.94. The first-order chi connectivity index (χ1) is 11.5. The molecule has 0 unspecified atom stereocenters. The van der Waals surface area contributed by atoms with E-state index in [0.29, 0.717) is 5.11 Å². The topological polar surface area (TPSA) is 49.6 Å². The Bertz CT molecular complexity index is 894. The summed E-state index contributed by atoms with van der Waals surface area (Å²) in [7, 11) is 0. The number of furan rings is 1. The molecule has 0 aliphatic rings. The summed E-state index contributed by atoms with van der Waals surface area (Å²) in [5, 5.41) is 8.97. The fourth-order valence-electron chi connectivity index (χ4n) is 2.37. The Morgan fingerprint density at radius 1 is 1.08 bits per heavy atom. The van der Waals surface area contributed by atoms with E-state index in [0.717, 1.165) is 33.7 Å². The van der Waals surface area contributed by atoms with E-state index in [1.165, 1.54) is 5.56 Å². The summed E-state index contributed by atoms with van der Waals surface area (Å²) in [5.41, 5.74) is 7.72. The molecule has 1 aromatic heterocycles. The van der Waals surface area contributed by atoms with Crippen LogP contribution in [0, 0.1) is 13.8 Å². The summed E-state index contributed by atoms with van der Waals surface area (Å²) in [4.78, 5) is 0. The van der Waals surface area contributed by atoms with Gasteiger partial charge in [-0.15, -0.1) is 0 Å². The molecule has 0 bridgehead atoms. The van der Waals surface area contributed by atoms with Gasteiger partial charge in [-0.25, -0.2) is 0 Å². The van der Waals surface area contributed by atoms with Gasteiger partial charge in [-0.1, -0.05) is 30.3 Å². The van der Waals surface area contributed by atoms with Gasteiger partial charge in [-0.05, 0) is 62.3 Å². The number of anilines is 1. The van der Waals surface area contributed by atoms with Gasteiger partial charge in [-0.3, -0.25) is 5.43 Å². The van der Waals surface area contributed by atoms with Crippen LogP contribution in [0.2, 0.25) is 0 Å². The Morgan fingerprint density at radius 3 is 2.67 bits per heavy atom. The predicted octanol–water partition coefficient (Wildman–Crippen LogP) is 4.76. The first kappa shape index (κ1) is 16.2. The maximum absolute atomic E-state index is 5.78. The van der Waals surface area contributed by atoms with Crippen molar-refractivity contribution in [3.05, 3.63) is 65.4 Å². The monoisotopic (exact) mass is 337 g/mol. The lowest BCUT2D eigenvalue weighted by molar-refractivity contribution is 0.603. The number of fused-ring (bicyclic) bond motifs is 1. The van der Waals surface area contributed by atoms with Crippen LogP contribution >= 0.6 is 12.2 Å². The molecule has 2 aromatic carbocycles. The van der Waals surface area contributed by atoms with Gasteiger partial charge in [0.1, 0.15) is 11.3 Å². The molecular weight excluding hydrogens is 318 g/mol. The Balaban J connectivity index is 1.70. The van der Waals surface area contributed by atoms with Gasteiger partial charge < -0.3 is 9.73 Å². The van der Waals surface area contributed by atoms with Crippen LogP contribution in [-0.2, 0) is 0 Å². The van der Waals surface area contributed by atoms with E-state index in [1.807, 2.05) is 51.1 Å². The largest absolute Gasteiger partial charge is 0.455 e. The van der Waals surface area contributed by atoms with Crippen molar-refractivity contribution in [2.45, 2.75) is 20.8 Å². The number of hydrogen-bond acceptors (Lipinski definition) is 3. The Hall–Kier alpha value is -2.66. The summed E-state index contributed by atoms with van der Waals surface area (Å²) < 4.78 is 5.78. The number of rotatable bonds is 3. The van der Waals surface area contributed by atoms with Crippen LogP contribution in [-0.4, -0.2) is 10.8 Å². The lowest BCUT2D eigenvalue weighted by Crippen LogP contribution is -2.25. The van der Waals surface area contributed by atoms with Gasteiger partial charge in [0.25, 0.3) is 0 Å².